The third kappa shape index (κ3) is 6.07. The molecule has 0 fully saturated rings. The Labute approximate surface area is 269 Å². The van der Waals surface area contributed by atoms with Gasteiger partial charge >= 0.3 is 6.09 Å². The first kappa shape index (κ1) is 30.9. The average Bonchev–Trinajstić information content (AvgIpc) is 3.45. The molecule has 0 saturated heterocycles. The highest BCUT2D eigenvalue weighted by molar-refractivity contribution is 5.79. The molecule has 7 heteroatoms. The summed E-state index contributed by atoms with van der Waals surface area (Å²) >= 11 is 0. The molecule has 0 radical (unpaired) electrons. The Morgan fingerprint density at radius 3 is 1.67 bits per heavy atom. The number of rotatable bonds is 12. The maximum atomic E-state index is 13.1. The van der Waals surface area contributed by atoms with Crippen LogP contribution in [0.3, 0.4) is 0 Å². The number of nitrogens with one attached hydrogen (secondary N) is 1. The van der Waals surface area contributed by atoms with Gasteiger partial charge in [0.05, 0.1) is 20.8 Å². The number of hydrogen-bond donors (Lipinski definition) is 2. The molecule has 0 aromatic heterocycles. The fourth-order valence-corrected chi connectivity index (χ4v) is 6.27. The predicted molar refractivity (Wildman–Crippen MR) is 177 cm³/mol. The normalized spacial score (nSPS) is 12.9. The zero-order valence-electron chi connectivity index (χ0n) is 25.9. The van der Waals surface area contributed by atoms with E-state index in [0.29, 0.717) is 11.5 Å². The SMILES string of the molecule is COc1ccc(C(OC(CO)CNC(=O)OCC2c3ccccc3-c3ccccc32)(c2ccccc2)c2ccc(OC)cc2)cc1. The van der Waals surface area contributed by atoms with Gasteiger partial charge in [-0.1, -0.05) is 103 Å². The first-order valence-electron chi connectivity index (χ1n) is 15.3. The molecule has 0 aliphatic heterocycles. The lowest BCUT2D eigenvalue weighted by Crippen LogP contribution is -2.43. The van der Waals surface area contributed by atoms with E-state index in [1.54, 1.807) is 14.2 Å². The number of aliphatic hydroxyl groups excluding tert-OH is 1. The van der Waals surface area contributed by atoms with Crippen LogP contribution in [0.25, 0.3) is 11.1 Å². The van der Waals surface area contributed by atoms with Crippen LogP contribution in [-0.2, 0) is 15.1 Å². The molecular weight excluding hydrogens is 578 g/mol. The largest absolute Gasteiger partial charge is 0.497 e. The molecule has 46 heavy (non-hydrogen) atoms. The zero-order valence-corrected chi connectivity index (χ0v) is 25.9. The Morgan fingerprint density at radius 1 is 0.696 bits per heavy atom. The third-order valence-corrected chi connectivity index (χ3v) is 8.54. The second-order valence-electron chi connectivity index (χ2n) is 11.1. The summed E-state index contributed by atoms with van der Waals surface area (Å²) in [7, 11) is 3.24. The molecular formula is C39H37NO6. The van der Waals surface area contributed by atoms with Crippen molar-refractivity contribution in [1.29, 1.82) is 0 Å². The minimum Gasteiger partial charge on any atom is -0.497 e. The molecule has 1 unspecified atom stereocenters. The van der Waals surface area contributed by atoms with E-state index in [1.165, 1.54) is 0 Å². The average molecular weight is 616 g/mol. The molecule has 0 bridgehead atoms. The zero-order chi connectivity index (χ0) is 31.9. The topological polar surface area (TPSA) is 86.2 Å². The van der Waals surface area contributed by atoms with E-state index in [-0.39, 0.29) is 25.7 Å². The van der Waals surface area contributed by atoms with E-state index in [1.807, 2.05) is 103 Å². The van der Waals surface area contributed by atoms with Crippen LogP contribution in [0.5, 0.6) is 11.5 Å². The Kier molecular flexibility index (Phi) is 9.33. The lowest BCUT2D eigenvalue weighted by Gasteiger charge is -2.38. The van der Waals surface area contributed by atoms with E-state index in [0.717, 1.165) is 38.9 Å². The van der Waals surface area contributed by atoms with Crippen molar-refractivity contribution in [3.63, 3.8) is 0 Å². The van der Waals surface area contributed by atoms with Crippen LogP contribution in [-0.4, -0.2) is 51.3 Å². The standard InChI is InChI=1S/C39H37NO6/c1-43-30-20-16-28(17-21-30)39(27-10-4-3-5-11-27,29-18-22-31(44-2)23-19-29)46-32(25-41)24-40-38(42)45-26-37-35-14-8-6-12-33(35)34-13-7-9-15-36(34)37/h3-23,32,37,41H,24-26H2,1-2H3,(H,40,42). The highest BCUT2D eigenvalue weighted by atomic mass is 16.6. The summed E-state index contributed by atoms with van der Waals surface area (Å²) in [5, 5.41) is 13.4. The minimum absolute atomic E-state index is 0.0219. The molecule has 0 spiro atoms. The second kappa shape index (κ2) is 13.9. The van der Waals surface area contributed by atoms with Gasteiger partial charge in [0.15, 0.2) is 0 Å². The van der Waals surface area contributed by atoms with E-state index in [2.05, 4.69) is 29.6 Å². The second-order valence-corrected chi connectivity index (χ2v) is 11.1. The van der Waals surface area contributed by atoms with Gasteiger partial charge in [0.25, 0.3) is 0 Å². The molecule has 2 N–H and O–H groups in total. The van der Waals surface area contributed by atoms with Gasteiger partial charge in [-0.2, -0.15) is 0 Å². The van der Waals surface area contributed by atoms with Crippen LogP contribution in [0.2, 0.25) is 0 Å². The van der Waals surface area contributed by atoms with Crippen LogP contribution < -0.4 is 14.8 Å². The molecule has 1 aliphatic carbocycles. The fourth-order valence-electron chi connectivity index (χ4n) is 6.27. The summed E-state index contributed by atoms with van der Waals surface area (Å²) in [6, 6.07) is 41.5. The van der Waals surface area contributed by atoms with Gasteiger partial charge in [-0.05, 0) is 63.2 Å². The minimum atomic E-state index is -1.14. The van der Waals surface area contributed by atoms with Crippen molar-refractivity contribution in [2.45, 2.75) is 17.6 Å². The van der Waals surface area contributed by atoms with Crippen molar-refractivity contribution < 1.29 is 28.8 Å². The van der Waals surface area contributed by atoms with Crippen molar-refractivity contribution in [2.24, 2.45) is 0 Å². The monoisotopic (exact) mass is 615 g/mol. The lowest BCUT2D eigenvalue weighted by atomic mass is 9.79. The summed E-state index contributed by atoms with van der Waals surface area (Å²) in [6.07, 6.45) is -1.37. The number of fused-ring (bicyclic) bond motifs is 3. The molecule has 0 heterocycles. The Hall–Kier alpha value is -5.11. The summed E-state index contributed by atoms with van der Waals surface area (Å²) in [5.41, 5.74) is 5.96. The molecule has 6 rings (SSSR count). The number of ether oxygens (including phenoxy) is 4. The van der Waals surface area contributed by atoms with Crippen molar-refractivity contribution >= 4 is 6.09 Å². The highest BCUT2D eigenvalue weighted by Gasteiger charge is 2.40. The number of amides is 1. The molecule has 1 aliphatic rings. The van der Waals surface area contributed by atoms with E-state index >= 15 is 0 Å². The number of carbonyl (C=O) groups excluding carboxylic acids is 1. The van der Waals surface area contributed by atoms with Crippen LogP contribution >= 0.6 is 0 Å². The predicted octanol–water partition coefficient (Wildman–Crippen LogP) is 6.91. The van der Waals surface area contributed by atoms with Crippen molar-refractivity contribution in [1.82, 2.24) is 5.32 Å². The van der Waals surface area contributed by atoms with Crippen LogP contribution in [0.1, 0.15) is 33.7 Å². The van der Waals surface area contributed by atoms with E-state index in [9.17, 15) is 9.90 Å². The maximum Gasteiger partial charge on any atom is 0.407 e. The van der Waals surface area contributed by atoms with Crippen molar-refractivity contribution in [2.75, 3.05) is 34.0 Å². The van der Waals surface area contributed by atoms with Gasteiger partial charge in [0.1, 0.15) is 29.8 Å². The summed E-state index contributed by atoms with van der Waals surface area (Å²) < 4.78 is 23.5. The molecule has 7 nitrogen and oxygen atoms in total. The first-order chi connectivity index (χ1) is 22.6. The van der Waals surface area contributed by atoms with Crippen LogP contribution in [0, 0.1) is 0 Å². The Bertz CT molecular complexity index is 1660. The number of alkyl carbamates (subject to hydrolysis) is 1. The quantitative estimate of drug-likeness (QED) is 0.148. The Balaban J connectivity index is 1.24. The van der Waals surface area contributed by atoms with Crippen molar-refractivity contribution in [3.8, 4) is 22.6 Å². The fraction of sp³-hybridized carbons (Fsp3) is 0.205. The lowest BCUT2D eigenvalue weighted by molar-refractivity contribution is -0.0677. The van der Waals surface area contributed by atoms with Gasteiger partial charge in [-0.25, -0.2) is 4.79 Å². The van der Waals surface area contributed by atoms with E-state index < -0.39 is 17.8 Å². The van der Waals surface area contributed by atoms with Crippen LogP contribution in [0.4, 0.5) is 4.79 Å². The molecule has 5 aromatic rings. The highest BCUT2D eigenvalue weighted by Crippen LogP contribution is 2.45. The number of aliphatic hydroxyl groups is 1. The van der Waals surface area contributed by atoms with Gasteiger partial charge in [0.2, 0.25) is 0 Å². The van der Waals surface area contributed by atoms with Gasteiger partial charge < -0.3 is 29.4 Å². The summed E-state index contributed by atoms with van der Waals surface area (Å²) in [5.74, 6) is 1.35. The first-order valence-corrected chi connectivity index (χ1v) is 15.3. The smallest absolute Gasteiger partial charge is 0.407 e. The van der Waals surface area contributed by atoms with Gasteiger partial charge in [0, 0.05) is 12.5 Å². The number of benzene rings is 5. The molecule has 1 atom stereocenters. The molecule has 0 saturated carbocycles. The van der Waals surface area contributed by atoms with Crippen molar-refractivity contribution in [3.05, 3.63) is 155 Å². The third-order valence-electron chi connectivity index (χ3n) is 8.54. The summed E-state index contributed by atoms with van der Waals surface area (Å²) in [4.78, 5) is 13.1. The molecule has 1 amide bonds. The van der Waals surface area contributed by atoms with Gasteiger partial charge in [-0.15, -0.1) is 0 Å². The summed E-state index contributed by atoms with van der Waals surface area (Å²) in [6.45, 7) is -0.130. The molecule has 234 valence electrons. The van der Waals surface area contributed by atoms with Crippen LogP contribution in [0.15, 0.2) is 127 Å². The Morgan fingerprint density at radius 2 is 1.17 bits per heavy atom. The molecule has 5 aromatic carbocycles. The number of methoxy groups -OCH3 is 2. The number of carbonyl (C=O) groups is 1. The number of hydrogen-bond acceptors (Lipinski definition) is 6. The van der Waals surface area contributed by atoms with Gasteiger partial charge in [-0.3, -0.25) is 0 Å². The van der Waals surface area contributed by atoms with E-state index in [4.69, 9.17) is 18.9 Å². The maximum absolute atomic E-state index is 13.1.